The summed E-state index contributed by atoms with van der Waals surface area (Å²) in [5, 5.41) is 6.08. The van der Waals surface area contributed by atoms with Gasteiger partial charge in [0.25, 0.3) is 0 Å². The molecule has 0 atom stereocenters. The molecule has 7 nitrogen and oxygen atoms in total. The zero-order chi connectivity index (χ0) is 18.6. The monoisotopic (exact) mass is 368 g/mol. The van der Waals surface area contributed by atoms with E-state index in [0.29, 0.717) is 32.3 Å². The van der Waals surface area contributed by atoms with Crippen molar-refractivity contribution in [2.45, 2.75) is 51.0 Å². The minimum atomic E-state index is 0.0394. The van der Waals surface area contributed by atoms with Crippen molar-refractivity contribution in [3.8, 4) is 0 Å². The Labute approximate surface area is 157 Å². The molecule has 2 N–H and O–H groups in total. The number of hydrogen-bond donors (Lipinski definition) is 2. The van der Waals surface area contributed by atoms with Crippen LogP contribution >= 0.6 is 0 Å². The Morgan fingerprint density at radius 3 is 2.00 bits per heavy atom. The SMILES string of the molecule is COCCNC(=O)CN1CCN(CC(=O)NC2CCCCCCC2)CC1. The van der Waals surface area contributed by atoms with Gasteiger partial charge in [0.05, 0.1) is 19.7 Å². The number of hydrogen-bond acceptors (Lipinski definition) is 5. The average Bonchev–Trinajstić information content (AvgIpc) is 2.59. The molecule has 0 aromatic heterocycles. The third-order valence-electron chi connectivity index (χ3n) is 5.30. The Kier molecular flexibility index (Phi) is 9.95. The third-order valence-corrected chi connectivity index (χ3v) is 5.30. The highest BCUT2D eigenvalue weighted by Crippen LogP contribution is 2.17. The zero-order valence-corrected chi connectivity index (χ0v) is 16.3. The normalized spacial score (nSPS) is 21.0. The summed E-state index contributed by atoms with van der Waals surface area (Å²) in [6.45, 7) is 5.32. The van der Waals surface area contributed by atoms with Crippen LogP contribution in [0.15, 0.2) is 0 Å². The summed E-state index contributed by atoms with van der Waals surface area (Å²) >= 11 is 0. The van der Waals surface area contributed by atoms with E-state index < -0.39 is 0 Å². The summed E-state index contributed by atoms with van der Waals surface area (Å²) in [4.78, 5) is 28.5. The van der Waals surface area contributed by atoms with Crippen LogP contribution in [0.2, 0.25) is 0 Å². The van der Waals surface area contributed by atoms with Crippen LogP contribution in [0.4, 0.5) is 0 Å². The van der Waals surface area contributed by atoms with Crippen molar-refractivity contribution in [2.75, 3.05) is 59.5 Å². The fraction of sp³-hybridized carbons (Fsp3) is 0.895. The Hall–Kier alpha value is -1.18. The predicted octanol–water partition coefficient (Wildman–Crippen LogP) is 0.596. The topological polar surface area (TPSA) is 73.9 Å². The summed E-state index contributed by atoms with van der Waals surface area (Å²) in [6, 6.07) is 0.361. The quantitative estimate of drug-likeness (QED) is 0.614. The highest BCUT2D eigenvalue weighted by molar-refractivity contribution is 5.78. The second-order valence-electron chi connectivity index (χ2n) is 7.50. The molecule has 0 unspecified atom stereocenters. The lowest BCUT2D eigenvalue weighted by Crippen LogP contribution is -2.52. The van der Waals surface area contributed by atoms with Gasteiger partial charge in [-0.25, -0.2) is 0 Å². The first-order valence-corrected chi connectivity index (χ1v) is 10.2. The van der Waals surface area contributed by atoms with Crippen LogP contribution < -0.4 is 10.6 Å². The molecule has 0 radical (unpaired) electrons. The minimum absolute atomic E-state index is 0.0394. The van der Waals surface area contributed by atoms with Gasteiger partial charge >= 0.3 is 0 Å². The summed E-state index contributed by atoms with van der Waals surface area (Å²) in [5.41, 5.74) is 0. The molecular weight excluding hydrogens is 332 g/mol. The van der Waals surface area contributed by atoms with Crippen molar-refractivity contribution < 1.29 is 14.3 Å². The molecular formula is C19H36N4O3. The highest BCUT2D eigenvalue weighted by Gasteiger charge is 2.21. The van der Waals surface area contributed by atoms with Gasteiger partial charge in [-0.15, -0.1) is 0 Å². The lowest BCUT2D eigenvalue weighted by atomic mass is 9.97. The van der Waals surface area contributed by atoms with E-state index in [1.807, 2.05) is 0 Å². The molecule has 150 valence electrons. The van der Waals surface area contributed by atoms with E-state index in [9.17, 15) is 9.59 Å². The Morgan fingerprint density at radius 1 is 0.885 bits per heavy atom. The van der Waals surface area contributed by atoms with E-state index >= 15 is 0 Å². The first-order valence-electron chi connectivity index (χ1n) is 10.2. The Bertz CT molecular complexity index is 417. The summed E-state index contributed by atoms with van der Waals surface area (Å²) < 4.78 is 4.93. The van der Waals surface area contributed by atoms with Gasteiger partial charge in [0.1, 0.15) is 0 Å². The lowest BCUT2D eigenvalue weighted by molar-refractivity contribution is -0.125. The first kappa shape index (κ1) is 21.1. The molecule has 1 heterocycles. The van der Waals surface area contributed by atoms with Crippen molar-refractivity contribution in [1.29, 1.82) is 0 Å². The molecule has 2 aliphatic rings. The van der Waals surface area contributed by atoms with Crippen molar-refractivity contribution in [3.05, 3.63) is 0 Å². The van der Waals surface area contributed by atoms with E-state index in [1.54, 1.807) is 7.11 Å². The van der Waals surface area contributed by atoms with Crippen LogP contribution in [0.25, 0.3) is 0 Å². The van der Waals surface area contributed by atoms with E-state index in [2.05, 4.69) is 20.4 Å². The van der Waals surface area contributed by atoms with Gasteiger partial charge in [-0.2, -0.15) is 0 Å². The number of rotatable bonds is 8. The zero-order valence-electron chi connectivity index (χ0n) is 16.3. The standard InChI is InChI=1S/C19H36N4O3/c1-26-14-9-20-18(24)15-22-10-12-23(13-11-22)16-19(25)21-17-7-5-3-2-4-6-8-17/h17H,2-16H2,1H3,(H,20,24)(H,21,25). The molecule has 0 aromatic carbocycles. The van der Waals surface area contributed by atoms with Crippen molar-refractivity contribution in [3.63, 3.8) is 0 Å². The molecule has 26 heavy (non-hydrogen) atoms. The molecule has 1 aliphatic carbocycles. The van der Waals surface area contributed by atoms with Crippen LogP contribution in [-0.4, -0.2) is 87.2 Å². The fourth-order valence-corrected chi connectivity index (χ4v) is 3.73. The second kappa shape index (κ2) is 12.3. The maximum atomic E-state index is 12.3. The summed E-state index contributed by atoms with van der Waals surface area (Å²) in [7, 11) is 1.62. The van der Waals surface area contributed by atoms with Gasteiger partial charge in [0.2, 0.25) is 11.8 Å². The number of carbonyl (C=O) groups excluding carboxylic acids is 2. The largest absolute Gasteiger partial charge is 0.383 e. The van der Waals surface area contributed by atoms with Gasteiger partial charge in [0.15, 0.2) is 0 Å². The van der Waals surface area contributed by atoms with Crippen LogP contribution in [0, 0.1) is 0 Å². The number of ether oxygens (including phenoxy) is 1. The minimum Gasteiger partial charge on any atom is -0.383 e. The number of nitrogens with zero attached hydrogens (tertiary/aromatic N) is 2. The molecule has 0 bridgehead atoms. The smallest absolute Gasteiger partial charge is 0.234 e. The Balaban J connectivity index is 1.60. The van der Waals surface area contributed by atoms with Crippen LogP contribution in [0.3, 0.4) is 0 Å². The van der Waals surface area contributed by atoms with Crippen LogP contribution in [0.5, 0.6) is 0 Å². The van der Waals surface area contributed by atoms with Crippen molar-refractivity contribution in [1.82, 2.24) is 20.4 Å². The van der Waals surface area contributed by atoms with Gasteiger partial charge in [-0.05, 0) is 12.8 Å². The maximum absolute atomic E-state index is 12.3. The first-order chi connectivity index (χ1) is 12.7. The maximum Gasteiger partial charge on any atom is 0.234 e. The molecule has 0 aromatic rings. The molecule has 1 aliphatic heterocycles. The summed E-state index contributed by atoms with van der Waals surface area (Å²) in [5.74, 6) is 0.193. The molecule has 1 saturated carbocycles. The van der Waals surface area contributed by atoms with Gasteiger partial charge < -0.3 is 15.4 Å². The lowest BCUT2D eigenvalue weighted by Gasteiger charge is -2.34. The van der Waals surface area contributed by atoms with Gasteiger partial charge in [-0.1, -0.05) is 32.1 Å². The molecule has 2 fully saturated rings. The molecule has 1 saturated heterocycles. The van der Waals surface area contributed by atoms with E-state index in [4.69, 9.17) is 4.74 Å². The third kappa shape index (κ3) is 8.47. The second-order valence-corrected chi connectivity index (χ2v) is 7.50. The number of nitrogens with one attached hydrogen (secondary N) is 2. The number of piperazine rings is 1. The number of methoxy groups -OCH3 is 1. The number of carbonyl (C=O) groups is 2. The summed E-state index contributed by atoms with van der Waals surface area (Å²) in [6.07, 6.45) is 8.65. The highest BCUT2D eigenvalue weighted by atomic mass is 16.5. The van der Waals surface area contributed by atoms with Crippen molar-refractivity contribution in [2.24, 2.45) is 0 Å². The number of amides is 2. The molecule has 0 spiro atoms. The molecule has 2 rings (SSSR count). The van der Waals surface area contributed by atoms with Gasteiger partial charge in [-0.3, -0.25) is 19.4 Å². The predicted molar refractivity (Wildman–Crippen MR) is 102 cm³/mol. The molecule has 7 heteroatoms. The molecule has 2 amide bonds. The van der Waals surface area contributed by atoms with Gasteiger partial charge in [0, 0.05) is 45.9 Å². The van der Waals surface area contributed by atoms with E-state index in [-0.39, 0.29) is 11.8 Å². The van der Waals surface area contributed by atoms with Crippen LogP contribution in [0.1, 0.15) is 44.9 Å². The van der Waals surface area contributed by atoms with E-state index in [1.165, 1.54) is 32.1 Å². The average molecular weight is 369 g/mol. The fourth-order valence-electron chi connectivity index (χ4n) is 3.73. The Morgan fingerprint density at radius 2 is 1.42 bits per heavy atom. The van der Waals surface area contributed by atoms with Crippen LogP contribution in [-0.2, 0) is 14.3 Å². The van der Waals surface area contributed by atoms with Crippen molar-refractivity contribution >= 4 is 11.8 Å². The van der Waals surface area contributed by atoms with E-state index in [0.717, 1.165) is 39.0 Å².